The van der Waals surface area contributed by atoms with Gasteiger partial charge in [0.25, 0.3) is 5.91 Å². The summed E-state index contributed by atoms with van der Waals surface area (Å²) in [5, 5.41) is 3.06. The molecule has 1 heterocycles. The van der Waals surface area contributed by atoms with Gasteiger partial charge >= 0.3 is 5.97 Å². The summed E-state index contributed by atoms with van der Waals surface area (Å²) in [5.74, 6) is -1.03. The van der Waals surface area contributed by atoms with E-state index in [0.29, 0.717) is 5.69 Å². The molecule has 0 saturated heterocycles. The van der Waals surface area contributed by atoms with Crippen molar-refractivity contribution >= 4 is 29.2 Å². The first-order chi connectivity index (χ1) is 11.3. The molecule has 2 aromatic rings. The molecule has 1 aromatic carbocycles. The molecule has 0 radical (unpaired) electrons. The molecule has 1 amide bonds. The van der Waals surface area contributed by atoms with Crippen LogP contribution in [0.5, 0.6) is 0 Å². The van der Waals surface area contributed by atoms with Crippen LogP contribution in [-0.2, 0) is 14.9 Å². The van der Waals surface area contributed by atoms with E-state index in [1.165, 1.54) is 18.3 Å². The summed E-state index contributed by atoms with van der Waals surface area (Å²) in [6, 6.07) is 10.5. The summed E-state index contributed by atoms with van der Waals surface area (Å²) in [5.41, 5.74) is 1.84. The average molecular weight is 347 g/mol. The number of hydrogen-bond donors (Lipinski definition) is 1. The highest BCUT2D eigenvalue weighted by Gasteiger charge is 2.19. The number of aromatic nitrogens is 1. The number of carbonyl (C=O) groups excluding carboxylic acids is 2. The van der Waals surface area contributed by atoms with Crippen LogP contribution in [0.25, 0.3) is 0 Å². The monoisotopic (exact) mass is 346 g/mol. The Bertz CT molecular complexity index is 737. The minimum atomic E-state index is -0.626. The van der Waals surface area contributed by atoms with Gasteiger partial charge < -0.3 is 10.1 Å². The Morgan fingerprint density at radius 2 is 1.88 bits per heavy atom. The fourth-order valence-electron chi connectivity index (χ4n) is 2.14. The lowest BCUT2D eigenvalue weighted by Gasteiger charge is -2.22. The highest BCUT2D eigenvalue weighted by Crippen LogP contribution is 2.29. The molecule has 0 bridgehead atoms. The van der Waals surface area contributed by atoms with Crippen LogP contribution in [-0.4, -0.2) is 23.5 Å². The van der Waals surface area contributed by atoms with E-state index in [2.05, 4.69) is 31.1 Å². The predicted molar refractivity (Wildman–Crippen MR) is 93.3 cm³/mol. The van der Waals surface area contributed by atoms with Gasteiger partial charge in [0.1, 0.15) is 5.15 Å². The minimum absolute atomic E-state index is 0.116. The van der Waals surface area contributed by atoms with Crippen LogP contribution in [0.4, 0.5) is 5.69 Å². The molecule has 0 aliphatic heterocycles. The van der Waals surface area contributed by atoms with Crippen LogP contribution in [0.2, 0.25) is 5.15 Å². The van der Waals surface area contributed by atoms with E-state index in [1.807, 2.05) is 24.3 Å². The number of anilines is 1. The Labute approximate surface area is 146 Å². The third-order valence-corrected chi connectivity index (χ3v) is 3.53. The SMILES string of the molecule is CC(C)(C)c1ccccc1NC(=O)COC(=O)c1ccc(Cl)nc1. The lowest BCUT2D eigenvalue weighted by Crippen LogP contribution is -2.23. The van der Waals surface area contributed by atoms with Crippen molar-refractivity contribution < 1.29 is 14.3 Å². The molecule has 6 heteroatoms. The van der Waals surface area contributed by atoms with Gasteiger partial charge in [-0.3, -0.25) is 4.79 Å². The second-order valence-electron chi connectivity index (χ2n) is 6.29. The first kappa shape index (κ1) is 17.9. The van der Waals surface area contributed by atoms with Crippen LogP contribution in [0, 0.1) is 0 Å². The second-order valence-corrected chi connectivity index (χ2v) is 6.68. The Kier molecular flexibility index (Phi) is 5.57. The van der Waals surface area contributed by atoms with Crippen molar-refractivity contribution in [3.8, 4) is 0 Å². The van der Waals surface area contributed by atoms with Gasteiger partial charge in [-0.15, -0.1) is 0 Å². The van der Waals surface area contributed by atoms with Gasteiger partial charge in [-0.1, -0.05) is 50.6 Å². The number of hydrogen-bond acceptors (Lipinski definition) is 4. The number of nitrogens with zero attached hydrogens (tertiary/aromatic N) is 1. The van der Waals surface area contributed by atoms with Gasteiger partial charge in [0, 0.05) is 11.9 Å². The van der Waals surface area contributed by atoms with Crippen molar-refractivity contribution in [3.63, 3.8) is 0 Å². The zero-order chi connectivity index (χ0) is 17.7. The fraction of sp³-hybridized carbons (Fsp3) is 0.278. The molecule has 1 N–H and O–H groups in total. The highest BCUT2D eigenvalue weighted by molar-refractivity contribution is 6.29. The van der Waals surface area contributed by atoms with Crippen molar-refractivity contribution in [2.24, 2.45) is 0 Å². The van der Waals surface area contributed by atoms with Gasteiger partial charge in [-0.25, -0.2) is 9.78 Å². The maximum Gasteiger partial charge on any atom is 0.340 e. The number of esters is 1. The van der Waals surface area contributed by atoms with Crippen LogP contribution in [0.1, 0.15) is 36.7 Å². The largest absolute Gasteiger partial charge is 0.452 e. The average Bonchev–Trinajstić information content (AvgIpc) is 2.53. The summed E-state index contributed by atoms with van der Waals surface area (Å²) in [6.07, 6.45) is 1.30. The molecule has 2 rings (SSSR count). The molecule has 1 aromatic heterocycles. The number of carbonyl (C=O) groups is 2. The molecule has 0 atom stereocenters. The smallest absolute Gasteiger partial charge is 0.340 e. The number of pyridine rings is 1. The van der Waals surface area contributed by atoms with Crippen LogP contribution in [0.15, 0.2) is 42.6 Å². The van der Waals surface area contributed by atoms with Crippen LogP contribution >= 0.6 is 11.6 Å². The number of ether oxygens (including phenoxy) is 1. The van der Waals surface area contributed by atoms with E-state index in [4.69, 9.17) is 16.3 Å². The molecule has 0 fully saturated rings. The maximum absolute atomic E-state index is 12.1. The summed E-state index contributed by atoms with van der Waals surface area (Å²) in [6.45, 7) is 5.81. The van der Waals surface area contributed by atoms with E-state index in [-0.39, 0.29) is 22.7 Å². The Balaban J connectivity index is 1.97. The Hall–Kier alpha value is -2.40. The lowest BCUT2D eigenvalue weighted by atomic mass is 9.86. The molecule has 5 nitrogen and oxygen atoms in total. The van der Waals surface area contributed by atoms with Crippen LogP contribution in [0.3, 0.4) is 0 Å². The van der Waals surface area contributed by atoms with Crippen molar-refractivity contribution in [1.29, 1.82) is 0 Å². The molecule has 24 heavy (non-hydrogen) atoms. The Morgan fingerprint density at radius 1 is 1.17 bits per heavy atom. The van der Waals surface area contributed by atoms with Gasteiger partial charge in [0.2, 0.25) is 0 Å². The second kappa shape index (κ2) is 7.45. The normalized spacial score (nSPS) is 11.0. The van der Waals surface area contributed by atoms with Gasteiger partial charge in [0.05, 0.1) is 5.56 Å². The van der Waals surface area contributed by atoms with Crippen molar-refractivity contribution in [2.75, 3.05) is 11.9 Å². The molecule has 0 aliphatic carbocycles. The van der Waals surface area contributed by atoms with E-state index in [9.17, 15) is 9.59 Å². The first-order valence-electron chi connectivity index (χ1n) is 7.45. The van der Waals surface area contributed by atoms with E-state index in [0.717, 1.165) is 5.56 Å². The summed E-state index contributed by atoms with van der Waals surface area (Å²) in [7, 11) is 0. The third-order valence-electron chi connectivity index (χ3n) is 3.31. The zero-order valence-corrected chi connectivity index (χ0v) is 14.6. The molecule has 0 unspecified atom stereocenters. The standard InChI is InChI=1S/C18H19ClN2O3/c1-18(2,3)13-6-4-5-7-14(13)21-16(22)11-24-17(23)12-8-9-15(19)20-10-12/h4-10H,11H2,1-3H3,(H,21,22). The van der Waals surface area contributed by atoms with Crippen molar-refractivity contribution in [2.45, 2.75) is 26.2 Å². The van der Waals surface area contributed by atoms with E-state index < -0.39 is 11.9 Å². The van der Waals surface area contributed by atoms with Crippen molar-refractivity contribution in [1.82, 2.24) is 4.98 Å². The quantitative estimate of drug-likeness (QED) is 0.674. The maximum atomic E-state index is 12.1. The topological polar surface area (TPSA) is 68.3 Å². The Morgan fingerprint density at radius 3 is 2.50 bits per heavy atom. The molecule has 0 saturated carbocycles. The number of rotatable bonds is 4. The lowest BCUT2D eigenvalue weighted by molar-refractivity contribution is -0.119. The summed E-state index contributed by atoms with van der Waals surface area (Å²) < 4.78 is 4.99. The highest BCUT2D eigenvalue weighted by atomic mass is 35.5. The molecule has 126 valence electrons. The zero-order valence-electron chi connectivity index (χ0n) is 13.8. The van der Waals surface area contributed by atoms with Gasteiger partial charge in [0.15, 0.2) is 6.61 Å². The van der Waals surface area contributed by atoms with Gasteiger partial charge in [-0.05, 0) is 29.2 Å². The fourth-order valence-corrected chi connectivity index (χ4v) is 2.26. The predicted octanol–water partition coefficient (Wildman–Crippen LogP) is 3.83. The van der Waals surface area contributed by atoms with E-state index >= 15 is 0 Å². The number of nitrogens with one attached hydrogen (secondary N) is 1. The molecular formula is C18H19ClN2O3. The van der Waals surface area contributed by atoms with E-state index in [1.54, 1.807) is 0 Å². The number of amides is 1. The minimum Gasteiger partial charge on any atom is -0.452 e. The first-order valence-corrected chi connectivity index (χ1v) is 7.83. The number of benzene rings is 1. The third kappa shape index (κ3) is 4.80. The van der Waals surface area contributed by atoms with Crippen LogP contribution < -0.4 is 5.32 Å². The summed E-state index contributed by atoms with van der Waals surface area (Å²) >= 11 is 5.66. The molecule has 0 aliphatic rings. The molecular weight excluding hydrogens is 328 g/mol. The number of para-hydroxylation sites is 1. The van der Waals surface area contributed by atoms with Crippen molar-refractivity contribution in [3.05, 3.63) is 58.9 Å². The number of halogens is 1. The van der Waals surface area contributed by atoms with Gasteiger partial charge in [-0.2, -0.15) is 0 Å². The summed E-state index contributed by atoms with van der Waals surface area (Å²) in [4.78, 5) is 27.7. The molecule has 0 spiro atoms.